The number of aromatic nitrogens is 2. The first-order valence-electron chi connectivity index (χ1n) is 8.07. The van der Waals surface area contributed by atoms with Crippen LogP contribution in [-0.4, -0.2) is 35.7 Å². The van der Waals surface area contributed by atoms with Crippen LogP contribution in [0.15, 0.2) is 54.6 Å². The Kier molecular flexibility index (Phi) is 5.23. The maximum absolute atomic E-state index is 12.0. The van der Waals surface area contributed by atoms with Gasteiger partial charge in [-0.1, -0.05) is 30.3 Å². The van der Waals surface area contributed by atoms with Gasteiger partial charge in [-0.15, -0.1) is 0 Å². The van der Waals surface area contributed by atoms with E-state index in [0.29, 0.717) is 26.0 Å². The van der Waals surface area contributed by atoms with Gasteiger partial charge in [-0.25, -0.2) is 4.98 Å². The molecule has 5 nitrogen and oxygen atoms in total. The number of rotatable bonds is 7. The van der Waals surface area contributed by atoms with Crippen LogP contribution in [-0.2, 0) is 16.0 Å². The Morgan fingerprint density at radius 1 is 1.12 bits per heavy atom. The lowest BCUT2D eigenvalue weighted by Gasteiger charge is -2.09. The first-order chi connectivity index (χ1) is 11.8. The fraction of sp³-hybridized carbons (Fsp3) is 0.263. The fourth-order valence-corrected chi connectivity index (χ4v) is 2.71. The van der Waals surface area contributed by atoms with Gasteiger partial charge < -0.3 is 10.1 Å². The molecule has 1 heterocycles. The van der Waals surface area contributed by atoms with E-state index >= 15 is 0 Å². The van der Waals surface area contributed by atoms with Crippen molar-refractivity contribution in [1.82, 2.24) is 14.9 Å². The maximum Gasteiger partial charge on any atom is 0.220 e. The molecule has 3 aromatic rings. The van der Waals surface area contributed by atoms with E-state index in [-0.39, 0.29) is 5.91 Å². The van der Waals surface area contributed by atoms with Crippen molar-refractivity contribution in [1.29, 1.82) is 0 Å². The summed E-state index contributed by atoms with van der Waals surface area (Å²) in [6.07, 6.45) is 0.988. The summed E-state index contributed by atoms with van der Waals surface area (Å²) in [5.41, 5.74) is 3.05. The summed E-state index contributed by atoms with van der Waals surface area (Å²) in [7, 11) is 1.62. The number of hydrogen-bond acceptors (Lipinski definition) is 3. The van der Waals surface area contributed by atoms with Crippen molar-refractivity contribution in [2.24, 2.45) is 0 Å². The number of nitrogens with one attached hydrogen (secondary N) is 1. The van der Waals surface area contributed by atoms with E-state index in [9.17, 15) is 4.79 Å². The highest BCUT2D eigenvalue weighted by atomic mass is 16.5. The third kappa shape index (κ3) is 3.63. The third-order valence-corrected chi connectivity index (χ3v) is 3.85. The van der Waals surface area contributed by atoms with Crippen molar-refractivity contribution in [3.63, 3.8) is 0 Å². The second-order valence-electron chi connectivity index (χ2n) is 5.53. The highest BCUT2D eigenvalue weighted by Gasteiger charge is 2.13. The fourth-order valence-electron chi connectivity index (χ4n) is 2.71. The highest BCUT2D eigenvalue weighted by Crippen LogP contribution is 2.22. The van der Waals surface area contributed by atoms with Crippen LogP contribution in [0.4, 0.5) is 0 Å². The quantitative estimate of drug-likeness (QED) is 0.680. The van der Waals surface area contributed by atoms with E-state index in [2.05, 4.69) is 28.1 Å². The van der Waals surface area contributed by atoms with E-state index < -0.39 is 0 Å². The van der Waals surface area contributed by atoms with E-state index in [1.165, 1.54) is 0 Å². The van der Waals surface area contributed by atoms with E-state index in [1.807, 2.05) is 36.4 Å². The summed E-state index contributed by atoms with van der Waals surface area (Å²) in [5.74, 6) is 0.906. The van der Waals surface area contributed by atoms with Crippen LogP contribution in [0.1, 0.15) is 12.2 Å². The number of carbonyl (C=O) groups is 1. The molecule has 0 radical (unpaired) electrons. The zero-order chi connectivity index (χ0) is 16.8. The van der Waals surface area contributed by atoms with Crippen LogP contribution >= 0.6 is 0 Å². The molecule has 0 saturated heterocycles. The topological polar surface area (TPSA) is 56.1 Å². The minimum Gasteiger partial charge on any atom is -0.383 e. The third-order valence-electron chi connectivity index (χ3n) is 3.85. The standard InChI is InChI=1S/C19H21N3O2/c1-24-14-13-20-19(23)12-11-18-21-16-9-5-6-10-17(16)22(18)15-7-3-2-4-8-15/h2-10H,11-14H2,1H3,(H,20,23). The second kappa shape index (κ2) is 7.75. The zero-order valence-corrected chi connectivity index (χ0v) is 13.7. The molecule has 0 aliphatic rings. The summed E-state index contributed by atoms with van der Waals surface area (Å²) in [6, 6.07) is 18.1. The molecular formula is C19H21N3O2. The van der Waals surface area contributed by atoms with E-state index in [1.54, 1.807) is 7.11 Å². The van der Waals surface area contributed by atoms with Crippen molar-refractivity contribution < 1.29 is 9.53 Å². The van der Waals surface area contributed by atoms with Gasteiger partial charge in [0.15, 0.2) is 0 Å². The van der Waals surface area contributed by atoms with Crippen molar-refractivity contribution >= 4 is 16.9 Å². The number of aryl methyl sites for hydroxylation is 1. The molecule has 0 fully saturated rings. The van der Waals surface area contributed by atoms with Gasteiger partial charge in [-0.05, 0) is 24.3 Å². The average molecular weight is 323 g/mol. The molecule has 1 amide bonds. The molecule has 0 saturated carbocycles. The molecule has 0 unspecified atom stereocenters. The minimum atomic E-state index is 0.0127. The number of fused-ring (bicyclic) bond motifs is 1. The Morgan fingerprint density at radius 3 is 2.67 bits per heavy atom. The van der Waals surface area contributed by atoms with Crippen molar-refractivity contribution in [2.75, 3.05) is 20.3 Å². The van der Waals surface area contributed by atoms with Crippen LogP contribution in [0.25, 0.3) is 16.7 Å². The lowest BCUT2D eigenvalue weighted by molar-refractivity contribution is -0.121. The molecule has 3 rings (SSSR count). The van der Waals surface area contributed by atoms with Gasteiger partial charge in [0, 0.05) is 32.2 Å². The minimum absolute atomic E-state index is 0.0127. The predicted molar refractivity (Wildman–Crippen MR) is 94.3 cm³/mol. The molecule has 24 heavy (non-hydrogen) atoms. The van der Waals surface area contributed by atoms with Gasteiger partial charge in [0.25, 0.3) is 0 Å². The van der Waals surface area contributed by atoms with Crippen LogP contribution in [0.5, 0.6) is 0 Å². The van der Waals surface area contributed by atoms with Crippen LogP contribution in [0.2, 0.25) is 0 Å². The summed E-state index contributed by atoms with van der Waals surface area (Å²) < 4.78 is 7.06. The van der Waals surface area contributed by atoms with Crippen molar-refractivity contribution in [3.8, 4) is 5.69 Å². The number of para-hydroxylation sites is 3. The molecule has 0 aliphatic carbocycles. The van der Waals surface area contributed by atoms with Gasteiger partial charge in [-0.2, -0.15) is 0 Å². The Bertz CT molecular complexity index is 812. The number of benzene rings is 2. The average Bonchev–Trinajstić information content (AvgIpc) is 2.99. The Hall–Kier alpha value is -2.66. The Morgan fingerprint density at radius 2 is 1.88 bits per heavy atom. The normalized spacial score (nSPS) is 10.9. The van der Waals surface area contributed by atoms with Gasteiger partial charge >= 0.3 is 0 Å². The van der Waals surface area contributed by atoms with Gasteiger partial charge in [0.05, 0.1) is 17.6 Å². The zero-order valence-electron chi connectivity index (χ0n) is 13.7. The SMILES string of the molecule is COCCNC(=O)CCc1nc2ccccc2n1-c1ccccc1. The van der Waals surface area contributed by atoms with E-state index in [0.717, 1.165) is 22.5 Å². The summed E-state index contributed by atoms with van der Waals surface area (Å²) >= 11 is 0. The van der Waals surface area contributed by atoms with Crippen molar-refractivity contribution in [2.45, 2.75) is 12.8 Å². The largest absolute Gasteiger partial charge is 0.383 e. The summed E-state index contributed by atoms with van der Waals surface area (Å²) in [5, 5.41) is 2.85. The highest BCUT2D eigenvalue weighted by molar-refractivity contribution is 5.79. The summed E-state index contributed by atoms with van der Waals surface area (Å²) in [4.78, 5) is 16.7. The van der Waals surface area contributed by atoms with Crippen LogP contribution < -0.4 is 5.32 Å². The monoisotopic (exact) mass is 323 g/mol. The lowest BCUT2D eigenvalue weighted by atomic mass is 10.2. The lowest BCUT2D eigenvalue weighted by Crippen LogP contribution is -2.27. The molecule has 124 valence electrons. The molecule has 0 bridgehead atoms. The van der Waals surface area contributed by atoms with Crippen LogP contribution in [0, 0.1) is 0 Å². The van der Waals surface area contributed by atoms with Gasteiger partial charge in [0.2, 0.25) is 5.91 Å². The number of carbonyl (C=O) groups excluding carboxylic acids is 1. The van der Waals surface area contributed by atoms with E-state index in [4.69, 9.17) is 9.72 Å². The number of nitrogens with zero attached hydrogens (tertiary/aromatic N) is 2. The predicted octanol–water partition coefficient (Wildman–Crippen LogP) is 2.72. The smallest absolute Gasteiger partial charge is 0.220 e. The number of amides is 1. The number of methoxy groups -OCH3 is 1. The van der Waals surface area contributed by atoms with Gasteiger partial charge in [-0.3, -0.25) is 9.36 Å². The maximum atomic E-state index is 12.0. The number of ether oxygens (including phenoxy) is 1. The number of imidazole rings is 1. The first-order valence-corrected chi connectivity index (χ1v) is 8.07. The molecule has 5 heteroatoms. The molecule has 2 aromatic carbocycles. The molecule has 0 spiro atoms. The molecule has 1 aromatic heterocycles. The molecule has 1 N–H and O–H groups in total. The van der Waals surface area contributed by atoms with Crippen LogP contribution in [0.3, 0.4) is 0 Å². The molecular weight excluding hydrogens is 302 g/mol. The second-order valence-corrected chi connectivity index (χ2v) is 5.53. The van der Waals surface area contributed by atoms with Gasteiger partial charge in [0.1, 0.15) is 5.82 Å². The number of hydrogen-bond donors (Lipinski definition) is 1. The molecule has 0 atom stereocenters. The Labute approximate surface area is 141 Å². The first kappa shape index (κ1) is 16.2. The summed E-state index contributed by atoms with van der Waals surface area (Å²) in [6.45, 7) is 1.05. The molecule has 0 aliphatic heterocycles. The van der Waals surface area contributed by atoms with Crippen molar-refractivity contribution in [3.05, 3.63) is 60.4 Å². The Balaban J connectivity index is 1.84.